The lowest BCUT2D eigenvalue weighted by atomic mass is 10.0. The lowest BCUT2D eigenvalue weighted by molar-refractivity contribution is -0.135. The van der Waals surface area contributed by atoms with E-state index in [-0.39, 0.29) is 11.7 Å². The fourth-order valence-electron chi connectivity index (χ4n) is 3.20. The summed E-state index contributed by atoms with van der Waals surface area (Å²) in [4.78, 5) is 27.7. The van der Waals surface area contributed by atoms with Crippen LogP contribution in [0.4, 0.5) is 0 Å². The maximum absolute atomic E-state index is 12.4. The van der Waals surface area contributed by atoms with Crippen LogP contribution in [0.3, 0.4) is 0 Å². The zero-order valence-corrected chi connectivity index (χ0v) is 12.4. The SMILES string of the molecule is O=C1CCN(C(=O)CN2CCCc3ccccc3C2)CC1. The first-order chi connectivity index (χ1) is 10.2. The van der Waals surface area contributed by atoms with Crippen molar-refractivity contribution in [3.8, 4) is 0 Å². The van der Waals surface area contributed by atoms with Gasteiger partial charge in [-0.3, -0.25) is 14.5 Å². The van der Waals surface area contributed by atoms with E-state index in [2.05, 4.69) is 29.2 Å². The minimum Gasteiger partial charge on any atom is -0.341 e. The molecule has 1 aromatic rings. The monoisotopic (exact) mass is 286 g/mol. The van der Waals surface area contributed by atoms with Crippen LogP contribution < -0.4 is 0 Å². The van der Waals surface area contributed by atoms with Crippen molar-refractivity contribution in [2.24, 2.45) is 0 Å². The van der Waals surface area contributed by atoms with Gasteiger partial charge in [-0.2, -0.15) is 0 Å². The van der Waals surface area contributed by atoms with E-state index in [1.165, 1.54) is 11.1 Å². The number of amides is 1. The molecule has 2 aliphatic rings. The minimum atomic E-state index is 0.168. The number of fused-ring (bicyclic) bond motifs is 1. The molecule has 0 unspecified atom stereocenters. The van der Waals surface area contributed by atoms with Gasteiger partial charge < -0.3 is 4.90 Å². The fraction of sp³-hybridized carbons (Fsp3) is 0.529. The maximum Gasteiger partial charge on any atom is 0.236 e. The molecule has 1 fully saturated rings. The highest BCUT2D eigenvalue weighted by atomic mass is 16.2. The van der Waals surface area contributed by atoms with Crippen LogP contribution in [0.15, 0.2) is 24.3 Å². The van der Waals surface area contributed by atoms with Crippen molar-refractivity contribution in [2.45, 2.75) is 32.2 Å². The molecular weight excluding hydrogens is 264 g/mol. The van der Waals surface area contributed by atoms with Crippen LogP contribution in [0.25, 0.3) is 0 Å². The molecule has 1 aromatic carbocycles. The molecule has 1 saturated heterocycles. The van der Waals surface area contributed by atoms with Crippen molar-refractivity contribution in [1.29, 1.82) is 0 Å². The summed E-state index contributed by atoms with van der Waals surface area (Å²) in [6.07, 6.45) is 3.24. The van der Waals surface area contributed by atoms with Crippen LogP contribution >= 0.6 is 0 Å². The van der Waals surface area contributed by atoms with Gasteiger partial charge in [-0.25, -0.2) is 0 Å². The van der Waals surface area contributed by atoms with Gasteiger partial charge in [-0.15, -0.1) is 0 Å². The summed E-state index contributed by atoms with van der Waals surface area (Å²) in [5.74, 6) is 0.449. The first-order valence-corrected chi connectivity index (χ1v) is 7.81. The predicted octanol–water partition coefficient (Wildman–Crippen LogP) is 1.63. The smallest absolute Gasteiger partial charge is 0.236 e. The summed E-state index contributed by atoms with van der Waals surface area (Å²) in [6.45, 7) is 3.49. The van der Waals surface area contributed by atoms with E-state index in [9.17, 15) is 9.59 Å². The molecule has 3 rings (SSSR count). The second-order valence-corrected chi connectivity index (χ2v) is 6.00. The number of benzene rings is 1. The zero-order valence-electron chi connectivity index (χ0n) is 12.4. The summed E-state index contributed by atoms with van der Waals surface area (Å²) >= 11 is 0. The molecule has 2 heterocycles. The number of carbonyl (C=O) groups is 2. The molecule has 0 saturated carbocycles. The van der Waals surface area contributed by atoms with Gasteiger partial charge in [-0.05, 0) is 30.5 Å². The zero-order chi connectivity index (χ0) is 14.7. The molecule has 0 aliphatic carbocycles. The van der Waals surface area contributed by atoms with E-state index in [0.29, 0.717) is 32.5 Å². The van der Waals surface area contributed by atoms with Crippen molar-refractivity contribution in [3.63, 3.8) is 0 Å². The lowest BCUT2D eigenvalue weighted by Crippen LogP contribution is -2.44. The van der Waals surface area contributed by atoms with Crippen molar-refractivity contribution < 1.29 is 9.59 Å². The number of aryl methyl sites for hydroxylation is 1. The molecule has 0 aromatic heterocycles. The van der Waals surface area contributed by atoms with E-state index >= 15 is 0 Å². The Labute approximate surface area is 125 Å². The Morgan fingerprint density at radius 2 is 1.71 bits per heavy atom. The third kappa shape index (κ3) is 3.50. The number of hydrogen-bond donors (Lipinski definition) is 0. The Bertz CT molecular complexity index is 531. The number of piperidine rings is 1. The minimum absolute atomic E-state index is 0.168. The van der Waals surface area contributed by atoms with Crippen LogP contribution in [-0.4, -0.2) is 47.7 Å². The maximum atomic E-state index is 12.4. The molecule has 4 nitrogen and oxygen atoms in total. The van der Waals surface area contributed by atoms with Gasteiger partial charge in [-0.1, -0.05) is 24.3 Å². The van der Waals surface area contributed by atoms with Gasteiger partial charge in [0.1, 0.15) is 5.78 Å². The van der Waals surface area contributed by atoms with E-state index in [4.69, 9.17) is 0 Å². The van der Waals surface area contributed by atoms with Gasteiger partial charge in [0.05, 0.1) is 6.54 Å². The van der Waals surface area contributed by atoms with Gasteiger partial charge in [0, 0.05) is 32.5 Å². The Balaban J connectivity index is 1.60. The van der Waals surface area contributed by atoms with Crippen LogP contribution in [-0.2, 0) is 22.6 Å². The van der Waals surface area contributed by atoms with Crippen LogP contribution in [0.1, 0.15) is 30.4 Å². The first kappa shape index (κ1) is 14.3. The van der Waals surface area contributed by atoms with Gasteiger partial charge in [0.15, 0.2) is 0 Å². The average Bonchev–Trinajstić information content (AvgIpc) is 2.69. The molecule has 2 aliphatic heterocycles. The van der Waals surface area contributed by atoms with Gasteiger partial charge in [0.25, 0.3) is 0 Å². The highest BCUT2D eigenvalue weighted by Gasteiger charge is 2.23. The number of likely N-dealkylation sites (tertiary alicyclic amines) is 1. The van der Waals surface area contributed by atoms with Gasteiger partial charge in [0.2, 0.25) is 5.91 Å². The molecule has 21 heavy (non-hydrogen) atoms. The highest BCUT2D eigenvalue weighted by Crippen LogP contribution is 2.18. The van der Waals surface area contributed by atoms with Crippen molar-refractivity contribution in [2.75, 3.05) is 26.2 Å². The van der Waals surface area contributed by atoms with Crippen LogP contribution in [0, 0.1) is 0 Å². The Kier molecular flexibility index (Phi) is 4.34. The number of ketones is 1. The third-order valence-electron chi connectivity index (χ3n) is 4.47. The number of rotatable bonds is 2. The van der Waals surface area contributed by atoms with E-state index in [1.807, 2.05) is 4.90 Å². The molecule has 4 heteroatoms. The molecule has 112 valence electrons. The second kappa shape index (κ2) is 6.39. The number of carbonyl (C=O) groups excluding carboxylic acids is 2. The second-order valence-electron chi connectivity index (χ2n) is 6.00. The number of nitrogens with zero attached hydrogens (tertiary/aromatic N) is 2. The molecule has 1 amide bonds. The van der Waals surface area contributed by atoms with E-state index in [1.54, 1.807) is 0 Å². The molecule has 0 bridgehead atoms. The molecule has 0 N–H and O–H groups in total. The molecule has 0 atom stereocenters. The summed E-state index contributed by atoms with van der Waals surface area (Å²) in [7, 11) is 0. The third-order valence-corrected chi connectivity index (χ3v) is 4.47. The largest absolute Gasteiger partial charge is 0.341 e. The average molecular weight is 286 g/mol. The summed E-state index contributed by atoms with van der Waals surface area (Å²) in [5, 5.41) is 0. The Hall–Kier alpha value is -1.68. The first-order valence-electron chi connectivity index (χ1n) is 7.81. The summed E-state index contributed by atoms with van der Waals surface area (Å²) in [6, 6.07) is 8.51. The van der Waals surface area contributed by atoms with Crippen molar-refractivity contribution in [3.05, 3.63) is 35.4 Å². The molecule has 0 radical (unpaired) electrons. The molecule has 0 spiro atoms. The Morgan fingerprint density at radius 1 is 1.00 bits per heavy atom. The van der Waals surface area contributed by atoms with E-state index in [0.717, 1.165) is 25.9 Å². The summed E-state index contributed by atoms with van der Waals surface area (Å²) in [5.41, 5.74) is 2.76. The Morgan fingerprint density at radius 3 is 2.48 bits per heavy atom. The summed E-state index contributed by atoms with van der Waals surface area (Å²) < 4.78 is 0. The van der Waals surface area contributed by atoms with Crippen LogP contribution in [0.5, 0.6) is 0 Å². The number of hydrogen-bond acceptors (Lipinski definition) is 3. The fourth-order valence-corrected chi connectivity index (χ4v) is 3.20. The van der Waals surface area contributed by atoms with Gasteiger partial charge >= 0.3 is 0 Å². The quantitative estimate of drug-likeness (QED) is 0.829. The van der Waals surface area contributed by atoms with Crippen molar-refractivity contribution in [1.82, 2.24) is 9.80 Å². The van der Waals surface area contributed by atoms with Crippen LogP contribution in [0.2, 0.25) is 0 Å². The van der Waals surface area contributed by atoms with Crippen molar-refractivity contribution >= 4 is 11.7 Å². The highest BCUT2D eigenvalue weighted by molar-refractivity contribution is 5.84. The lowest BCUT2D eigenvalue weighted by Gasteiger charge is -2.29. The standard InChI is InChI=1S/C17H22N2O2/c20-16-7-10-19(11-8-16)17(21)13-18-9-3-6-14-4-1-2-5-15(14)12-18/h1-2,4-5H,3,6-13H2. The normalized spacial score (nSPS) is 20.0. The predicted molar refractivity (Wildman–Crippen MR) is 80.9 cm³/mol. The number of Topliss-reactive ketones (excluding diaryl/α,β-unsaturated/α-hetero) is 1. The topological polar surface area (TPSA) is 40.6 Å². The van der Waals surface area contributed by atoms with E-state index < -0.39 is 0 Å². The molecular formula is C17H22N2O2.